The third kappa shape index (κ3) is 4.34. The summed E-state index contributed by atoms with van der Waals surface area (Å²) in [5.74, 6) is 3.69. The number of hydrogen-bond acceptors (Lipinski definition) is 3. The van der Waals surface area contributed by atoms with Crippen LogP contribution in [0.2, 0.25) is 0 Å². The van der Waals surface area contributed by atoms with Crippen LogP contribution in [0.25, 0.3) is 0 Å². The lowest BCUT2D eigenvalue weighted by molar-refractivity contribution is 0.254. The Hall–Kier alpha value is -1.91. The number of benzene rings is 1. The predicted octanol–water partition coefficient (Wildman–Crippen LogP) is 2.87. The van der Waals surface area contributed by atoms with Crippen molar-refractivity contribution in [3.05, 3.63) is 23.3 Å². The fourth-order valence-corrected chi connectivity index (χ4v) is 3.11. The largest absolute Gasteiger partial charge is 0.494 e. The Balaban J connectivity index is 1.61. The first-order chi connectivity index (χ1) is 11.7. The SMILES string of the molecule is CCOc1cc2c(cc1CNC(=NC)NCCC1CC1)OC(C)C2. The predicted molar refractivity (Wildman–Crippen MR) is 96.9 cm³/mol. The molecule has 24 heavy (non-hydrogen) atoms. The van der Waals surface area contributed by atoms with Crippen LogP contribution in [-0.4, -0.2) is 32.3 Å². The summed E-state index contributed by atoms with van der Waals surface area (Å²) >= 11 is 0. The van der Waals surface area contributed by atoms with Crippen LogP contribution < -0.4 is 20.1 Å². The first-order valence-electron chi connectivity index (χ1n) is 9.09. The summed E-state index contributed by atoms with van der Waals surface area (Å²) < 4.78 is 11.7. The molecule has 1 aliphatic heterocycles. The van der Waals surface area contributed by atoms with Gasteiger partial charge in [-0.2, -0.15) is 0 Å². The lowest BCUT2D eigenvalue weighted by Gasteiger charge is -2.15. The number of nitrogens with one attached hydrogen (secondary N) is 2. The molecule has 1 aromatic rings. The average molecular weight is 331 g/mol. The van der Waals surface area contributed by atoms with E-state index in [1.165, 1.54) is 24.8 Å². The molecular formula is C19H29N3O2. The summed E-state index contributed by atoms with van der Waals surface area (Å²) in [4.78, 5) is 4.30. The quantitative estimate of drug-likeness (QED) is 0.596. The Morgan fingerprint density at radius 2 is 2.17 bits per heavy atom. The summed E-state index contributed by atoms with van der Waals surface area (Å²) in [6.45, 7) is 6.43. The molecule has 0 bridgehead atoms. The standard InChI is InChI=1S/C19H29N3O2/c1-4-23-17-10-15-9-13(2)24-18(15)11-16(17)12-22-19(20-3)21-8-7-14-5-6-14/h10-11,13-14H,4-9,12H2,1-3H3,(H2,20,21,22). The van der Waals surface area contributed by atoms with E-state index in [-0.39, 0.29) is 6.10 Å². The highest BCUT2D eigenvalue weighted by Crippen LogP contribution is 2.35. The van der Waals surface area contributed by atoms with E-state index in [4.69, 9.17) is 9.47 Å². The molecule has 1 atom stereocenters. The van der Waals surface area contributed by atoms with Crippen molar-refractivity contribution in [3.63, 3.8) is 0 Å². The molecule has 2 N–H and O–H groups in total. The van der Waals surface area contributed by atoms with Gasteiger partial charge in [-0.1, -0.05) is 12.8 Å². The van der Waals surface area contributed by atoms with Crippen LogP contribution >= 0.6 is 0 Å². The molecule has 132 valence electrons. The Kier molecular flexibility index (Phi) is 5.48. The zero-order chi connectivity index (χ0) is 16.9. The molecule has 1 heterocycles. The summed E-state index contributed by atoms with van der Waals surface area (Å²) in [6.07, 6.45) is 5.20. The van der Waals surface area contributed by atoms with Crippen LogP contribution in [0.15, 0.2) is 17.1 Å². The number of rotatable bonds is 7. The van der Waals surface area contributed by atoms with Gasteiger partial charge >= 0.3 is 0 Å². The highest BCUT2D eigenvalue weighted by molar-refractivity contribution is 5.79. The van der Waals surface area contributed by atoms with Crippen LogP contribution in [0, 0.1) is 5.92 Å². The maximum absolute atomic E-state index is 5.88. The maximum Gasteiger partial charge on any atom is 0.191 e. The molecule has 5 heteroatoms. The maximum atomic E-state index is 5.88. The summed E-state index contributed by atoms with van der Waals surface area (Å²) in [5.41, 5.74) is 2.34. The van der Waals surface area contributed by atoms with E-state index >= 15 is 0 Å². The lowest BCUT2D eigenvalue weighted by atomic mass is 10.1. The van der Waals surface area contributed by atoms with E-state index in [0.717, 1.165) is 41.9 Å². The van der Waals surface area contributed by atoms with Crippen LogP contribution in [0.3, 0.4) is 0 Å². The highest BCUT2D eigenvalue weighted by Gasteiger charge is 2.22. The molecule has 0 saturated heterocycles. The molecule has 1 unspecified atom stereocenters. The topological polar surface area (TPSA) is 54.9 Å². The van der Waals surface area contributed by atoms with Gasteiger partial charge in [0.15, 0.2) is 5.96 Å². The number of nitrogens with zero attached hydrogens (tertiary/aromatic N) is 1. The third-order valence-corrected chi connectivity index (χ3v) is 4.59. The lowest BCUT2D eigenvalue weighted by Crippen LogP contribution is -2.37. The molecule has 1 saturated carbocycles. The minimum Gasteiger partial charge on any atom is -0.494 e. The molecule has 1 fully saturated rings. The number of ether oxygens (including phenoxy) is 2. The summed E-state index contributed by atoms with van der Waals surface area (Å²) in [6, 6.07) is 4.23. The van der Waals surface area contributed by atoms with Gasteiger partial charge in [0.05, 0.1) is 6.61 Å². The fourth-order valence-electron chi connectivity index (χ4n) is 3.11. The molecule has 0 spiro atoms. The number of fused-ring (bicyclic) bond motifs is 1. The number of hydrogen-bond donors (Lipinski definition) is 2. The van der Waals surface area contributed by atoms with Crippen molar-refractivity contribution in [1.82, 2.24) is 10.6 Å². The zero-order valence-corrected chi connectivity index (χ0v) is 15.0. The van der Waals surface area contributed by atoms with E-state index in [9.17, 15) is 0 Å². The first-order valence-corrected chi connectivity index (χ1v) is 9.09. The first kappa shape index (κ1) is 16.9. The smallest absolute Gasteiger partial charge is 0.191 e. The molecular weight excluding hydrogens is 302 g/mol. The Morgan fingerprint density at radius 3 is 2.88 bits per heavy atom. The second kappa shape index (κ2) is 7.77. The summed E-state index contributed by atoms with van der Waals surface area (Å²) in [7, 11) is 1.81. The number of guanidine groups is 1. The van der Waals surface area contributed by atoms with Gasteiger partial charge in [-0.25, -0.2) is 0 Å². The molecule has 2 aliphatic rings. The molecule has 0 radical (unpaired) electrons. The highest BCUT2D eigenvalue weighted by atomic mass is 16.5. The van der Waals surface area contributed by atoms with Crippen LogP contribution in [0.1, 0.15) is 44.2 Å². The zero-order valence-electron chi connectivity index (χ0n) is 15.0. The van der Waals surface area contributed by atoms with E-state index in [1.54, 1.807) is 0 Å². The summed E-state index contributed by atoms with van der Waals surface area (Å²) in [5, 5.41) is 6.77. The van der Waals surface area contributed by atoms with Crippen LogP contribution in [0.5, 0.6) is 11.5 Å². The Bertz CT molecular complexity index is 597. The normalized spacial score (nSPS) is 19.6. The van der Waals surface area contributed by atoms with Crippen LogP contribution in [0.4, 0.5) is 0 Å². The molecule has 5 nitrogen and oxygen atoms in total. The monoisotopic (exact) mass is 331 g/mol. The molecule has 3 rings (SSSR count). The molecule has 1 aromatic carbocycles. The van der Waals surface area contributed by atoms with Gasteiger partial charge in [-0.3, -0.25) is 4.99 Å². The number of aliphatic imine (C=N–C) groups is 1. The van der Waals surface area contributed by atoms with E-state index < -0.39 is 0 Å². The van der Waals surface area contributed by atoms with Gasteiger partial charge in [-0.15, -0.1) is 0 Å². The molecule has 1 aliphatic carbocycles. The van der Waals surface area contributed by atoms with Crippen molar-refractivity contribution in [2.45, 2.75) is 52.2 Å². The van der Waals surface area contributed by atoms with E-state index in [2.05, 4.69) is 34.7 Å². The second-order valence-corrected chi connectivity index (χ2v) is 6.72. The van der Waals surface area contributed by atoms with Gasteiger partial charge in [0.1, 0.15) is 17.6 Å². The van der Waals surface area contributed by atoms with Gasteiger partial charge in [0.2, 0.25) is 0 Å². The fraction of sp³-hybridized carbons (Fsp3) is 0.632. The third-order valence-electron chi connectivity index (χ3n) is 4.59. The van der Waals surface area contributed by atoms with Gasteiger partial charge in [-0.05, 0) is 38.3 Å². The van der Waals surface area contributed by atoms with Gasteiger partial charge in [0, 0.05) is 37.7 Å². The van der Waals surface area contributed by atoms with E-state index in [0.29, 0.717) is 13.2 Å². The van der Waals surface area contributed by atoms with E-state index in [1.807, 2.05) is 14.0 Å². The van der Waals surface area contributed by atoms with Crippen molar-refractivity contribution in [2.24, 2.45) is 10.9 Å². The second-order valence-electron chi connectivity index (χ2n) is 6.72. The minimum absolute atomic E-state index is 0.245. The van der Waals surface area contributed by atoms with Crippen molar-refractivity contribution in [1.29, 1.82) is 0 Å². The van der Waals surface area contributed by atoms with Crippen molar-refractivity contribution in [3.8, 4) is 11.5 Å². The Morgan fingerprint density at radius 1 is 1.33 bits per heavy atom. The molecule has 0 amide bonds. The van der Waals surface area contributed by atoms with Crippen molar-refractivity contribution >= 4 is 5.96 Å². The Labute approximate surface area is 144 Å². The average Bonchev–Trinajstić information content (AvgIpc) is 3.31. The minimum atomic E-state index is 0.245. The van der Waals surface area contributed by atoms with Crippen molar-refractivity contribution in [2.75, 3.05) is 20.2 Å². The molecule has 0 aromatic heterocycles. The van der Waals surface area contributed by atoms with Crippen LogP contribution in [-0.2, 0) is 13.0 Å². The van der Waals surface area contributed by atoms with Crippen molar-refractivity contribution < 1.29 is 9.47 Å². The van der Waals surface area contributed by atoms with Gasteiger partial charge < -0.3 is 20.1 Å². The van der Waals surface area contributed by atoms with Gasteiger partial charge in [0.25, 0.3) is 0 Å².